The number of rotatable bonds is 5. The lowest BCUT2D eigenvalue weighted by atomic mass is 10.2. The summed E-state index contributed by atoms with van der Waals surface area (Å²) in [4.78, 5) is 15.8. The first-order valence-corrected chi connectivity index (χ1v) is 7.54. The minimum atomic E-state index is -0.661. The van der Waals surface area contributed by atoms with E-state index >= 15 is 0 Å². The molecule has 0 aromatic heterocycles. The maximum absolute atomic E-state index is 13.0. The van der Waals surface area contributed by atoms with Gasteiger partial charge in [-0.1, -0.05) is 11.6 Å². The van der Waals surface area contributed by atoms with Crippen molar-refractivity contribution in [3.05, 3.63) is 34.6 Å². The van der Waals surface area contributed by atoms with Gasteiger partial charge < -0.3 is 14.7 Å². The Morgan fingerprint density at radius 2 is 2.18 bits per heavy atom. The summed E-state index contributed by atoms with van der Waals surface area (Å²) in [5.41, 5.74) is 0.226. The van der Waals surface area contributed by atoms with E-state index in [2.05, 4.69) is 4.90 Å². The number of carbonyl (C=O) groups is 1. The zero-order chi connectivity index (χ0) is 16.1. The number of aliphatic hydroxyl groups is 1. The Hall–Kier alpha value is -1.21. The summed E-state index contributed by atoms with van der Waals surface area (Å²) in [6.07, 6.45) is -0.661. The molecule has 7 heteroatoms. The zero-order valence-corrected chi connectivity index (χ0v) is 13.2. The molecule has 1 unspecified atom stereocenters. The van der Waals surface area contributed by atoms with E-state index in [1.54, 1.807) is 7.05 Å². The van der Waals surface area contributed by atoms with Crippen LogP contribution in [0.2, 0.25) is 5.02 Å². The molecule has 1 fully saturated rings. The summed E-state index contributed by atoms with van der Waals surface area (Å²) in [7, 11) is 1.59. The fourth-order valence-corrected chi connectivity index (χ4v) is 2.66. The number of β-amino-alcohol motifs (C(OH)–C–C–N with tert-alkyl or cyclic N) is 1. The number of likely N-dealkylation sites (N-methyl/N-ethyl adjacent to an activating group) is 1. The van der Waals surface area contributed by atoms with Gasteiger partial charge in [0.15, 0.2) is 0 Å². The van der Waals surface area contributed by atoms with Crippen LogP contribution < -0.4 is 0 Å². The van der Waals surface area contributed by atoms with Gasteiger partial charge in [-0.15, -0.1) is 0 Å². The largest absolute Gasteiger partial charge is 0.390 e. The topological polar surface area (TPSA) is 53.0 Å². The van der Waals surface area contributed by atoms with E-state index in [1.165, 1.54) is 17.0 Å². The molecule has 0 aliphatic carbocycles. The van der Waals surface area contributed by atoms with Crippen LogP contribution in [-0.2, 0) is 4.74 Å². The Balaban J connectivity index is 1.89. The summed E-state index contributed by atoms with van der Waals surface area (Å²) in [5, 5.41) is 10.2. The van der Waals surface area contributed by atoms with Gasteiger partial charge in [-0.3, -0.25) is 9.69 Å². The normalized spacial score (nSPS) is 17.3. The predicted molar refractivity (Wildman–Crippen MR) is 81.6 cm³/mol. The van der Waals surface area contributed by atoms with Gasteiger partial charge in [-0.25, -0.2) is 4.39 Å². The number of hydrogen-bond acceptors (Lipinski definition) is 4. The highest BCUT2D eigenvalue weighted by Gasteiger charge is 2.20. The van der Waals surface area contributed by atoms with E-state index in [0.29, 0.717) is 19.8 Å². The first-order valence-electron chi connectivity index (χ1n) is 7.16. The lowest BCUT2D eigenvalue weighted by Crippen LogP contribution is -2.45. The van der Waals surface area contributed by atoms with Crippen LogP contribution >= 0.6 is 11.6 Å². The molecule has 0 saturated carbocycles. The Labute approximate surface area is 134 Å². The third kappa shape index (κ3) is 4.64. The standard InChI is InChI=1S/C15H20ClFN2O3/c1-18(9-12(20)10-19-4-6-22-7-5-19)15(21)13-3-2-11(17)8-14(13)16/h2-3,8,12,20H,4-7,9-10H2,1H3. The van der Waals surface area contributed by atoms with Crippen LogP contribution in [0, 0.1) is 5.82 Å². The number of carbonyl (C=O) groups excluding carboxylic acids is 1. The molecule has 1 aliphatic heterocycles. The molecule has 1 saturated heterocycles. The van der Waals surface area contributed by atoms with E-state index in [-0.39, 0.29) is 23.0 Å². The van der Waals surface area contributed by atoms with Crippen LogP contribution in [0.5, 0.6) is 0 Å². The van der Waals surface area contributed by atoms with Gasteiger partial charge >= 0.3 is 0 Å². The molecule has 0 spiro atoms. The second kappa shape index (κ2) is 7.87. The average molecular weight is 331 g/mol. The fraction of sp³-hybridized carbons (Fsp3) is 0.533. The van der Waals surface area contributed by atoms with Crippen LogP contribution in [-0.4, -0.2) is 73.4 Å². The summed E-state index contributed by atoms with van der Waals surface area (Å²) >= 11 is 5.89. The van der Waals surface area contributed by atoms with Crippen LogP contribution in [0.3, 0.4) is 0 Å². The quantitative estimate of drug-likeness (QED) is 0.882. The van der Waals surface area contributed by atoms with Gasteiger partial charge in [0.1, 0.15) is 5.82 Å². The molecule has 1 N–H and O–H groups in total. The summed E-state index contributed by atoms with van der Waals surface area (Å²) in [6, 6.07) is 3.65. The van der Waals surface area contributed by atoms with Crippen molar-refractivity contribution in [2.75, 3.05) is 46.4 Å². The molecule has 1 aliphatic rings. The van der Waals surface area contributed by atoms with Gasteiger partial charge in [0.2, 0.25) is 0 Å². The van der Waals surface area contributed by atoms with Crippen molar-refractivity contribution >= 4 is 17.5 Å². The van der Waals surface area contributed by atoms with E-state index in [1.807, 2.05) is 0 Å². The SMILES string of the molecule is CN(CC(O)CN1CCOCC1)C(=O)c1ccc(F)cc1Cl. The Bertz CT molecular complexity index is 524. The highest BCUT2D eigenvalue weighted by atomic mass is 35.5. The number of halogens is 2. The van der Waals surface area contributed by atoms with Crippen LogP contribution in [0.4, 0.5) is 4.39 Å². The zero-order valence-electron chi connectivity index (χ0n) is 12.5. The molecular weight excluding hydrogens is 311 g/mol. The average Bonchev–Trinajstić information content (AvgIpc) is 2.47. The van der Waals surface area contributed by atoms with Gasteiger partial charge in [0, 0.05) is 33.2 Å². The van der Waals surface area contributed by atoms with E-state index in [4.69, 9.17) is 16.3 Å². The minimum absolute atomic E-state index is 0.0690. The number of benzene rings is 1. The molecule has 0 radical (unpaired) electrons. The highest BCUT2D eigenvalue weighted by Crippen LogP contribution is 2.18. The van der Waals surface area contributed by atoms with Crippen molar-refractivity contribution in [2.24, 2.45) is 0 Å². The molecular formula is C15H20ClFN2O3. The lowest BCUT2D eigenvalue weighted by molar-refractivity contribution is 0.00879. The number of hydrogen-bond donors (Lipinski definition) is 1. The summed E-state index contributed by atoms with van der Waals surface area (Å²) < 4.78 is 18.3. The molecule has 1 heterocycles. The number of morpholine rings is 1. The lowest BCUT2D eigenvalue weighted by Gasteiger charge is -2.30. The van der Waals surface area contributed by atoms with Crippen molar-refractivity contribution in [3.8, 4) is 0 Å². The van der Waals surface area contributed by atoms with Crippen LogP contribution in [0.25, 0.3) is 0 Å². The molecule has 1 amide bonds. The predicted octanol–water partition coefficient (Wildman–Crippen LogP) is 1.24. The van der Waals surface area contributed by atoms with Gasteiger partial charge in [0.05, 0.1) is 29.9 Å². The molecule has 1 aromatic rings. The Kier molecular flexibility index (Phi) is 6.14. The summed E-state index contributed by atoms with van der Waals surface area (Å²) in [6.45, 7) is 3.54. The number of ether oxygens (including phenoxy) is 1. The number of nitrogens with zero attached hydrogens (tertiary/aromatic N) is 2. The molecule has 0 bridgehead atoms. The molecule has 122 valence electrons. The fourth-order valence-electron chi connectivity index (χ4n) is 2.41. The molecule has 5 nitrogen and oxygen atoms in total. The van der Waals surface area contributed by atoms with Crippen LogP contribution in [0.15, 0.2) is 18.2 Å². The Morgan fingerprint density at radius 3 is 2.82 bits per heavy atom. The first-order chi connectivity index (χ1) is 10.5. The molecule has 22 heavy (non-hydrogen) atoms. The van der Waals surface area contributed by atoms with Gasteiger partial charge in [-0.05, 0) is 18.2 Å². The number of aliphatic hydroxyl groups excluding tert-OH is 1. The third-order valence-electron chi connectivity index (χ3n) is 3.57. The monoisotopic (exact) mass is 330 g/mol. The molecule has 1 atom stereocenters. The highest BCUT2D eigenvalue weighted by molar-refractivity contribution is 6.33. The summed E-state index contributed by atoms with van der Waals surface area (Å²) in [5.74, 6) is -0.831. The number of amides is 1. The second-order valence-corrected chi connectivity index (χ2v) is 5.78. The third-order valence-corrected chi connectivity index (χ3v) is 3.88. The van der Waals surface area contributed by atoms with Crippen LogP contribution in [0.1, 0.15) is 10.4 Å². The van der Waals surface area contributed by atoms with Gasteiger partial charge in [-0.2, -0.15) is 0 Å². The first kappa shape index (κ1) is 17.1. The maximum Gasteiger partial charge on any atom is 0.255 e. The van der Waals surface area contributed by atoms with Crippen molar-refractivity contribution < 1.29 is 19.0 Å². The molecule has 1 aromatic carbocycles. The van der Waals surface area contributed by atoms with Gasteiger partial charge in [0.25, 0.3) is 5.91 Å². The van der Waals surface area contributed by atoms with E-state index < -0.39 is 11.9 Å². The van der Waals surface area contributed by atoms with Crippen molar-refractivity contribution in [1.82, 2.24) is 9.80 Å². The molecule has 2 rings (SSSR count). The van der Waals surface area contributed by atoms with Crippen molar-refractivity contribution in [1.29, 1.82) is 0 Å². The maximum atomic E-state index is 13.0. The Morgan fingerprint density at radius 1 is 1.50 bits per heavy atom. The minimum Gasteiger partial charge on any atom is -0.390 e. The van der Waals surface area contributed by atoms with Crippen molar-refractivity contribution in [2.45, 2.75) is 6.10 Å². The van der Waals surface area contributed by atoms with E-state index in [9.17, 15) is 14.3 Å². The van der Waals surface area contributed by atoms with E-state index in [0.717, 1.165) is 19.2 Å². The smallest absolute Gasteiger partial charge is 0.255 e. The van der Waals surface area contributed by atoms with Crippen molar-refractivity contribution in [3.63, 3.8) is 0 Å². The second-order valence-electron chi connectivity index (χ2n) is 5.38.